The number of methoxy groups -OCH3 is 1. The molecule has 0 amide bonds. The molecule has 0 spiro atoms. The van der Waals surface area contributed by atoms with Crippen LogP contribution in [0.15, 0.2) is 0 Å². The van der Waals surface area contributed by atoms with Crippen LogP contribution in [0, 0.1) is 17.8 Å². The van der Waals surface area contributed by atoms with Gasteiger partial charge in [0.1, 0.15) is 0 Å². The van der Waals surface area contributed by atoms with Gasteiger partial charge in [-0.05, 0) is 31.1 Å². The Bertz CT molecular complexity index is 196. The van der Waals surface area contributed by atoms with Crippen LogP contribution < -0.4 is 0 Å². The van der Waals surface area contributed by atoms with Gasteiger partial charge < -0.3 is 4.74 Å². The Morgan fingerprint density at radius 2 is 2.08 bits per heavy atom. The van der Waals surface area contributed by atoms with E-state index >= 15 is 0 Å². The number of rotatable bonds is 1. The maximum atomic E-state index is 11.5. The van der Waals surface area contributed by atoms with Crippen molar-refractivity contribution in [2.45, 2.75) is 38.5 Å². The van der Waals surface area contributed by atoms with Crippen molar-refractivity contribution in [2.75, 3.05) is 7.11 Å². The summed E-state index contributed by atoms with van der Waals surface area (Å²) in [6.45, 7) is 0. The van der Waals surface area contributed by atoms with E-state index < -0.39 is 0 Å². The monoisotopic (exact) mass is 182 g/mol. The lowest BCUT2D eigenvalue weighted by molar-refractivity contribution is -0.149. The van der Waals surface area contributed by atoms with Gasteiger partial charge >= 0.3 is 5.97 Å². The van der Waals surface area contributed by atoms with Crippen LogP contribution in [0.2, 0.25) is 0 Å². The van der Waals surface area contributed by atoms with Gasteiger partial charge in [0, 0.05) is 0 Å². The molecule has 13 heavy (non-hydrogen) atoms. The third-order valence-electron chi connectivity index (χ3n) is 3.79. The van der Waals surface area contributed by atoms with Gasteiger partial charge in [-0.2, -0.15) is 0 Å². The number of hydrogen-bond acceptors (Lipinski definition) is 2. The Kier molecular flexibility index (Phi) is 2.56. The minimum absolute atomic E-state index is 0.0385. The van der Waals surface area contributed by atoms with Crippen molar-refractivity contribution in [3.63, 3.8) is 0 Å². The average molecular weight is 182 g/mol. The fourth-order valence-electron chi connectivity index (χ4n) is 3.04. The largest absolute Gasteiger partial charge is 0.469 e. The first-order valence-electron chi connectivity index (χ1n) is 5.39. The van der Waals surface area contributed by atoms with Crippen LogP contribution in [0.25, 0.3) is 0 Å². The van der Waals surface area contributed by atoms with Crippen LogP contribution in [0.3, 0.4) is 0 Å². The first kappa shape index (κ1) is 9.04. The molecule has 0 aliphatic heterocycles. The Hall–Kier alpha value is -0.530. The predicted molar refractivity (Wildman–Crippen MR) is 50.2 cm³/mol. The van der Waals surface area contributed by atoms with Gasteiger partial charge in [0.15, 0.2) is 0 Å². The molecule has 0 N–H and O–H groups in total. The molecule has 74 valence electrons. The standard InChI is InChI=1S/C11H18O2/c1-13-11(12)10-7-8-3-2-4-9(10)6-5-8/h8-10H,2-7H2,1H3. The molecule has 3 unspecified atom stereocenters. The number of hydrogen-bond donors (Lipinski definition) is 0. The second-order valence-corrected chi connectivity index (χ2v) is 4.50. The van der Waals surface area contributed by atoms with Gasteiger partial charge in [0.05, 0.1) is 13.0 Å². The van der Waals surface area contributed by atoms with Crippen molar-refractivity contribution in [1.82, 2.24) is 0 Å². The summed E-state index contributed by atoms with van der Waals surface area (Å²) in [4.78, 5) is 11.5. The SMILES string of the molecule is COC(=O)C1CC2CCCC1CC2. The van der Waals surface area contributed by atoms with E-state index in [-0.39, 0.29) is 11.9 Å². The van der Waals surface area contributed by atoms with E-state index in [0.717, 1.165) is 12.3 Å². The van der Waals surface area contributed by atoms with Crippen LogP contribution in [-0.4, -0.2) is 13.1 Å². The molecular formula is C11H18O2. The smallest absolute Gasteiger partial charge is 0.308 e. The van der Waals surface area contributed by atoms with Crippen molar-refractivity contribution in [2.24, 2.45) is 17.8 Å². The van der Waals surface area contributed by atoms with Crippen molar-refractivity contribution in [3.05, 3.63) is 0 Å². The Balaban J connectivity index is 2.08. The lowest BCUT2D eigenvalue weighted by Crippen LogP contribution is -2.29. The van der Waals surface area contributed by atoms with E-state index in [1.54, 1.807) is 0 Å². The molecule has 0 saturated heterocycles. The molecule has 2 bridgehead atoms. The molecule has 0 aromatic rings. The average Bonchev–Trinajstić information content (AvgIpc) is 2.50. The molecule has 3 saturated carbocycles. The second-order valence-electron chi connectivity index (χ2n) is 4.50. The molecule has 3 rings (SSSR count). The quantitative estimate of drug-likeness (QED) is 0.582. The van der Waals surface area contributed by atoms with E-state index in [0.29, 0.717) is 5.92 Å². The number of carbonyl (C=O) groups is 1. The summed E-state index contributed by atoms with van der Waals surface area (Å²) in [7, 11) is 1.51. The van der Waals surface area contributed by atoms with E-state index in [4.69, 9.17) is 4.74 Å². The molecule has 3 aliphatic carbocycles. The Labute approximate surface area is 79.7 Å². The molecule has 3 atom stereocenters. The number of esters is 1. The molecule has 2 nitrogen and oxygen atoms in total. The molecule has 2 heteroatoms. The fraction of sp³-hybridized carbons (Fsp3) is 0.909. The summed E-state index contributed by atoms with van der Waals surface area (Å²) in [5.74, 6) is 1.71. The molecular weight excluding hydrogens is 164 g/mol. The van der Waals surface area contributed by atoms with Crippen LogP contribution in [0.4, 0.5) is 0 Å². The van der Waals surface area contributed by atoms with Gasteiger partial charge in [0.25, 0.3) is 0 Å². The van der Waals surface area contributed by atoms with Crippen molar-refractivity contribution in [3.8, 4) is 0 Å². The number of carbonyl (C=O) groups excluding carboxylic acids is 1. The van der Waals surface area contributed by atoms with Crippen molar-refractivity contribution < 1.29 is 9.53 Å². The lowest BCUT2D eigenvalue weighted by atomic mass is 9.75. The zero-order valence-corrected chi connectivity index (χ0v) is 8.29. The van der Waals surface area contributed by atoms with Gasteiger partial charge in [-0.25, -0.2) is 0 Å². The molecule has 3 aliphatic rings. The van der Waals surface area contributed by atoms with E-state index in [1.165, 1.54) is 39.2 Å². The van der Waals surface area contributed by atoms with Crippen molar-refractivity contribution in [1.29, 1.82) is 0 Å². The Morgan fingerprint density at radius 1 is 1.23 bits per heavy atom. The molecule has 0 heterocycles. The summed E-state index contributed by atoms with van der Waals surface area (Å²) in [5.41, 5.74) is 0. The van der Waals surface area contributed by atoms with Gasteiger partial charge in [-0.3, -0.25) is 4.79 Å². The number of fused-ring (bicyclic) bond motifs is 4. The highest BCUT2D eigenvalue weighted by atomic mass is 16.5. The summed E-state index contributed by atoms with van der Waals surface area (Å²) in [5, 5.41) is 0. The van der Waals surface area contributed by atoms with E-state index in [1.807, 2.05) is 0 Å². The summed E-state index contributed by atoms with van der Waals surface area (Å²) >= 11 is 0. The molecule has 0 aromatic carbocycles. The molecule has 0 aromatic heterocycles. The third-order valence-corrected chi connectivity index (χ3v) is 3.79. The van der Waals surface area contributed by atoms with Gasteiger partial charge in [-0.1, -0.05) is 19.3 Å². The highest BCUT2D eigenvalue weighted by molar-refractivity contribution is 5.72. The first-order valence-corrected chi connectivity index (χ1v) is 5.39. The molecule has 3 fully saturated rings. The maximum absolute atomic E-state index is 11.5. The fourth-order valence-corrected chi connectivity index (χ4v) is 3.04. The Morgan fingerprint density at radius 3 is 2.85 bits per heavy atom. The highest BCUT2D eigenvalue weighted by Gasteiger charge is 2.37. The maximum Gasteiger partial charge on any atom is 0.308 e. The first-order chi connectivity index (χ1) is 6.31. The number of ether oxygens (including phenoxy) is 1. The van der Waals surface area contributed by atoms with Gasteiger partial charge in [0.2, 0.25) is 0 Å². The summed E-state index contributed by atoms with van der Waals surface area (Å²) < 4.78 is 4.86. The van der Waals surface area contributed by atoms with E-state index in [2.05, 4.69) is 0 Å². The second kappa shape index (κ2) is 3.69. The summed E-state index contributed by atoms with van der Waals surface area (Å²) in [6.07, 6.45) is 7.60. The minimum Gasteiger partial charge on any atom is -0.469 e. The predicted octanol–water partition coefficient (Wildman–Crippen LogP) is 2.38. The highest BCUT2D eigenvalue weighted by Crippen LogP contribution is 2.43. The normalized spacial score (nSPS) is 38.4. The van der Waals surface area contributed by atoms with Crippen LogP contribution in [-0.2, 0) is 9.53 Å². The minimum atomic E-state index is 0.0385. The zero-order valence-electron chi connectivity index (χ0n) is 8.29. The van der Waals surface area contributed by atoms with Crippen LogP contribution in [0.5, 0.6) is 0 Å². The van der Waals surface area contributed by atoms with Gasteiger partial charge in [-0.15, -0.1) is 0 Å². The van der Waals surface area contributed by atoms with E-state index in [9.17, 15) is 4.79 Å². The lowest BCUT2D eigenvalue weighted by Gasteiger charge is -2.30. The topological polar surface area (TPSA) is 26.3 Å². The summed E-state index contributed by atoms with van der Waals surface area (Å²) in [6, 6.07) is 0. The zero-order chi connectivity index (χ0) is 9.26. The third kappa shape index (κ3) is 1.72. The van der Waals surface area contributed by atoms with Crippen LogP contribution in [0.1, 0.15) is 38.5 Å². The molecule has 0 radical (unpaired) electrons. The van der Waals surface area contributed by atoms with Crippen molar-refractivity contribution >= 4 is 5.97 Å². The van der Waals surface area contributed by atoms with Crippen LogP contribution >= 0.6 is 0 Å².